The van der Waals surface area contributed by atoms with Gasteiger partial charge in [0.25, 0.3) is 0 Å². The third-order valence-electron chi connectivity index (χ3n) is 2.43. The van der Waals surface area contributed by atoms with Gasteiger partial charge in [0.05, 0.1) is 0 Å². The number of carboxylic acids is 1. The van der Waals surface area contributed by atoms with Crippen molar-refractivity contribution in [3.8, 4) is 5.75 Å². The van der Waals surface area contributed by atoms with Crippen molar-refractivity contribution >= 4 is 23.5 Å². The molecule has 8 nitrogen and oxygen atoms in total. The topological polar surface area (TPSA) is 105 Å². The van der Waals surface area contributed by atoms with E-state index in [1.165, 1.54) is 0 Å². The summed E-state index contributed by atoms with van der Waals surface area (Å²) in [5.41, 5.74) is 0.547. The van der Waals surface area contributed by atoms with E-state index in [2.05, 4.69) is 15.7 Å². The van der Waals surface area contributed by atoms with Crippen molar-refractivity contribution in [1.29, 1.82) is 0 Å². The molecule has 0 saturated carbocycles. The number of hydrogen-bond donors (Lipinski definition) is 3. The molecule has 8 heteroatoms. The number of ether oxygens (including phenoxy) is 1. The van der Waals surface area contributed by atoms with E-state index in [-0.39, 0.29) is 0 Å². The smallest absolute Gasteiger partial charge is 0.341 e. The Balaban J connectivity index is 1.87. The SMILES string of the molecule is Cn1ccc(NC(=O)Nc2ccc(OCC(=O)O)cc2)n1. The lowest BCUT2D eigenvalue weighted by molar-refractivity contribution is -0.139. The van der Waals surface area contributed by atoms with Crippen LogP contribution in [0.2, 0.25) is 0 Å². The number of nitrogens with one attached hydrogen (secondary N) is 2. The fourth-order valence-electron chi connectivity index (χ4n) is 1.54. The number of hydrogen-bond acceptors (Lipinski definition) is 4. The second kappa shape index (κ2) is 6.42. The van der Waals surface area contributed by atoms with Crippen LogP contribution in [0.25, 0.3) is 0 Å². The van der Waals surface area contributed by atoms with Crippen LogP contribution in [0.3, 0.4) is 0 Å². The van der Waals surface area contributed by atoms with Crippen LogP contribution in [-0.4, -0.2) is 33.5 Å². The number of benzene rings is 1. The second-order valence-electron chi connectivity index (χ2n) is 4.16. The minimum absolute atomic E-state index is 0.410. The minimum atomic E-state index is -1.05. The average molecular weight is 290 g/mol. The Kier molecular flexibility index (Phi) is 4.39. The molecule has 0 atom stereocenters. The van der Waals surface area contributed by atoms with Crippen molar-refractivity contribution in [2.45, 2.75) is 0 Å². The summed E-state index contributed by atoms with van der Waals surface area (Å²) in [6.07, 6.45) is 1.71. The molecule has 2 rings (SSSR count). The van der Waals surface area contributed by atoms with E-state index in [1.54, 1.807) is 48.3 Å². The van der Waals surface area contributed by atoms with Crippen LogP contribution in [0, 0.1) is 0 Å². The zero-order valence-corrected chi connectivity index (χ0v) is 11.2. The Bertz CT molecular complexity index is 636. The number of carbonyl (C=O) groups excluding carboxylic acids is 1. The molecule has 0 saturated heterocycles. The summed E-state index contributed by atoms with van der Waals surface area (Å²) >= 11 is 0. The molecule has 21 heavy (non-hydrogen) atoms. The first-order valence-corrected chi connectivity index (χ1v) is 6.05. The lowest BCUT2D eigenvalue weighted by Crippen LogP contribution is -2.19. The van der Waals surface area contributed by atoms with E-state index in [4.69, 9.17) is 9.84 Å². The van der Waals surface area contributed by atoms with Crippen LogP contribution >= 0.6 is 0 Å². The van der Waals surface area contributed by atoms with Crippen molar-refractivity contribution in [2.75, 3.05) is 17.2 Å². The molecule has 1 aromatic carbocycles. The molecule has 0 aliphatic heterocycles. The third kappa shape index (κ3) is 4.53. The molecule has 0 unspecified atom stereocenters. The fourth-order valence-corrected chi connectivity index (χ4v) is 1.54. The number of aryl methyl sites for hydroxylation is 1. The molecule has 1 aromatic heterocycles. The highest BCUT2D eigenvalue weighted by molar-refractivity contribution is 5.99. The van der Waals surface area contributed by atoms with Gasteiger partial charge in [-0.3, -0.25) is 10.00 Å². The van der Waals surface area contributed by atoms with E-state index >= 15 is 0 Å². The first-order valence-electron chi connectivity index (χ1n) is 6.05. The van der Waals surface area contributed by atoms with Crippen molar-refractivity contribution < 1.29 is 19.4 Å². The van der Waals surface area contributed by atoms with Crippen LogP contribution in [0.1, 0.15) is 0 Å². The van der Waals surface area contributed by atoms with Gasteiger partial charge in [0.1, 0.15) is 5.75 Å². The van der Waals surface area contributed by atoms with Gasteiger partial charge in [-0.25, -0.2) is 9.59 Å². The van der Waals surface area contributed by atoms with Gasteiger partial charge in [0.15, 0.2) is 12.4 Å². The highest BCUT2D eigenvalue weighted by Gasteiger charge is 2.05. The van der Waals surface area contributed by atoms with Gasteiger partial charge in [-0.1, -0.05) is 0 Å². The summed E-state index contributed by atoms with van der Waals surface area (Å²) in [5.74, 6) is -0.198. The number of carboxylic acid groups (broad SMARTS) is 1. The zero-order chi connectivity index (χ0) is 15.2. The van der Waals surface area contributed by atoms with Gasteiger partial charge >= 0.3 is 12.0 Å². The number of anilines is 2. The fraction of sp³-hybridized carbons (Fsp3) is 0.154. The summed E-state index contributed by atoms with van der Waals surface area (Å²) in [4.78, 5) is 22.1. The highest BCUT2D eigenvalue weighted by atomic mass is 16.5. The van der Waals surface area contributed by atoms with Crippen molar-refractivity contribution in [3.63, 3.8) is 0 Å². The van der Waals surface area contributed by atoms with Gasteiger partial charge in [-0.2, -0.15) is 5.10 Å². The molecule has 2 amide bonds. The molecule has 1 heterocycles. The van der Waals surface area contributed by atoms with E-state index < -0.39 is 18.6 Å². The monoisotopic (exact) mass is 290 g/mol. The Hall–Kier alpha value is -3.03. The van der Waals surface area contributed by atoms with Gasteiger partial charge < -0.3 is 15.2 Å². The summed E-state index contributed by atoms with van der Waals surface area (Å²) in [6, 6.07) is 7.60. The molecular weight excluding hydrogens is 276 g/mol. The summed E-state index contributed by atoms with van der Waals surface area (Å²) in [5, 5.41) is 17.7. The number of aromatic nitrogens is 2. The lowest BCUT2D eigenvalue weighted by Gasteiger charge is -2.07. The molecule has 3 N–H and O–H groups in total. The standard InChI is InChI=1S/C13H14N4O4/c1-17-7-6-11(16-17)15-13(20)14-9-2-4-10(5-3-9)21-8-12(18)19/h2-7H,8H2,1H3,(H,18,19)(H2,14,15,16,20). The van der Waals surface area contributed by atoms with Gasteiger partial charge in [0.2, 0.25) is 0 Å². The molecule has 0 aliphatic carbocycles. The van der Waals surface area contributed by atoms with E-state index in [0.29, 0.717) is 17.3 Å². The number of nitrogens with zero attached hydrogens (tertiary/aromatic N) is 2. The number of aliphatic carboxylic acids is 1. The predicted molar refractivity (Wildman–Crippen MR) is 75.4 cm³/mol. The zero-order valence-electron chi connectivity index (χ0n) is 11.2. The summed E-state index contributed by atoms with van der Waals surface area (Å²) in [7, 11) is 1.75. The Morgan fingerprint density at radius 1 is 1.24 bits per heavy atom. The molecule has 110 valence electrons. The maximum atomic E-state index is 11.7. The number of urea groups is 1. The Morgan fingerprint density at radius 2 is 1.95 bits per heavy atom. The molecular formula is C13H14N4O4. The predicted octanol–water partition coefficient (Wildman–Crippen LogP) is 1.53. The normalized spacial score (nSPS) is 9.95. The van der Waals surface area contributed by atoms with Gasteiger partial charge in [-0.05, 0) is 24.3 Å². The van der Waals surface area contributed by atoms with Crippen molar-refractivity contribution in [3.05, 3.63) is 36.5 Å². The Labute approximate surface area is 120 Å². The van der Waals surface area contributed by atoms with Crippen molar-refractivity contribution in [2.24, 2.45) is 7.05 Å². The number of amides is 2. The maximum Gasteiger partial charge on any atom is 0.341 e. The molecule has 0 fully saturated rings. The van der Waals surface area contributed by atoms with Crippen molar-refractivity contribution in [1.82, 2.24) is 9.78 Å². The van der Waals surface area contributed by atoms with Crippen LogP contribution in [0.15, 0.2) is 36.5 Å². The minimum Gasteiger partial charge on any atom is -0.482 e. The number of carbonyl (C=O) groups is 2. The van der Waals surface area contributed by atoms with Crippen LogP contribution < -0.4 is 15.4 Å². The van der Waals surface area contributed by atoms with Crippen LogP contribution in [-0.2, 0) is 11.8 Å². The molecule has 2 aromatic rings. The quantitative estimate of drug-likeness (QED) is 0.774. The second-order valence-corrected chi connectivity index (χ2v) is 4.16. The Morgan fingerprint density at radius 3 is 2.52 bits per heavy atom. The molecule has 0 aliphatic rings. The van der Waals surface area contributed by atoms with E-state index in [1.807, 2.05) is 0 Å². The average Bonchev–Trinajstić information content (AvgIpc) is 2.83. The van der Waals surface area contributed by atoms with Crippen LogP contribution in [0.5, 0.6) is 5.75 Å². The number of rotatable bonds is 5. The largest absolute Gasteiger partial charge is 0.482 e. The third-order valence-corrected chi connectivity index (χ3v) is 2.43. The lowest BCUT2D eigenvalue weighted by atomic mass is 10.3. The van der Waals surface area contributed by atoms with Crippen LogP contribution in [0.4, 0.5) is 16.3 Å². The maximum absolute atomic E-state index is 11.7. The van der Waals surface area contributed by atoms with Gasteiger partial charge in [0, 0.05) is 25.0 Å². The summed E-state index contributed by atoms with van der Waals surface area (Å²) in [6.45, 7) is -0.410. The summed E-state index contributed by atoms with van der Waals surface area (Å²) < 4.78 is 6.56. The molecule has 0 radical (unpaired) electrons. The first-order chi connectivity index (χ1) is 10.0. The molecule has 0 bridgehead atoms. The first kappa shape index (κ1) is 14.4. The molecule has 0 spiro atoms. The van der Waals surface area contributed by atoms with Gasteiger partial charge in [-0.15, -0.1) is 0 Å². The van der Waals surface area contributed by atoms with E-state index in [9.17, 15) is 9.59 Å². The van der Waals surface area contributed by atoms with E-state index in [0.717, 1.165) is 0 Å². The highest BCUT2D eigenvalue weighted by Crippen LogP contribution is 2.15.